The zero-order valence-corrected chi connectivity index (χ0v) is 16.9. The van der Waals surface area contributed by atoms with Crippen molar-refractivity contribution in [1.82, 2.24) is 4.90 Å². The number of halogens is 1. The van der Waals surface area contributed by atoms with Gasteiger partial charge in [0.15, 0.2) is 5.43 Å². The molecule has 1 fully saturated rings. The molecule has 1 aromatic heterocycles. The van der Waals surface area contributed by atoms with E-state index in [4.69, 9.17) is 9.15 Å². The van der Waals surface area contributed by atoms with E-state index in [-0.39, 0.29) is 35.0 Å². The van der Waals surface area contributed by atoms with E-state index in [1.165, 1.54) is 11.0 Å². The van der Waals surface area contributed by atoms with Crippen LogP contribution < -0.4 is 5.43 Å². The molecule has 2 aromatic carbocycles. The standard InChI is InChI=1S/C24H22FNO4/c1-13-10-17-19(11-14(13)2)30-23-20(22(17)27)21(16-7-3-4-8-18(16)25)26(24(23)28)12-15-6-5-9-29-15/h3-4,7-8,10-11,15,21H,5-6,9,12H2,1-2H3/t15-,21+/m0/s1. The minimum Gasteiger partial charge on any atom is -0.450 e. The van der Waals surface area contributed by atoms with Crippen LogP contribution in [0.25, 0.3) is 11.0 Å². The molecule has 30 heavy (non-hydrogen) atoms. The molecule has 1 amide bonds. The number of hydrogen-bond donors (Lipinski definition) is 0. The second-order valence-electron chi connectivity index (χ2n) is 8.12. The van der Waals surface area contributed by atoms with Gasteiger partial charge in [0.2, 0.25) is 5.76 Å². The maximum atomic E-state index is 14.8. The Morgan fingerprint density at radius 2 is 1.90 bits per heavy atom. The van der Waals surface area contributed by atoms with Crippen LogP contribution in [0.5, 0.6) is 0 Å². The van der Waals surface area contributed by atoms with Crippen molar-refractivity contribution in [1.29, 1.82) is 0 Å². The number of rotatable bonds is 3. The first-order valence-electron chi connectivity index (χ1n) is 10.2. The molecule has 5 nitrogen and oxygen atoms in total. The van der Waals surface area contributed by atoms with Gasteiger partial charge in [0.05, 0.1) is 23.1 Å². The third-order valence-corrected chi connectivity index (χ3v) is 6.21. The van der Waals surface area contributed by atoms with Crippen LogP contribution in [0.2, 0.25) is 0 Å². The minimum absolute atomic E-state index is 0.00185. The quantitative estimate of drug-likeness (QED) is 0.651. The van der Waals surface area contributed by atoms with Crippen molar-refractivity contribution in [3.8, 4) is 0 Å². The lowest BCUT2D eigenvalue weighted by molar-refractivity contribution is 0.0483. The van der Waals surface area contributed by atoms with E-state index in [0.717, 1.165) is 24.0 Å². The van der Waals surface area contributed by atoms with E-state index in [2.05, 4.69) is 0 Å². The van der Waals surface area contributed by atoms with Gasteiger partial charge >= 0.3 is 0 Å². The van der Waals surface area contributed by atoms with Crippen molar-refractivity contribution in [2.24, 2.45) is 0 Å². The second-order valence-corrected chi connectivity index (χ2v) is 8.12. The molecular weight excluding hydrogens is 385 g/mol. The van der Waals surface area contributed by atoms with Crippen LogP contribution in [0.15, 0.2) is 45.6 Å². The first kappa shape index (κ1) is 19.0. The predicted molar refractivity (Wildman–Crippen MR) is 110 cm³/mol. The van der Waals surface area contributed by atoms with E-state index in [1.807, 2.05) is 13.8 Å². The van der Waals surface area contributed by atoms with Crippen LogP contribution in [-0.2, 0) is 4.74 Å². The number of hydrogen-bond acceptors (Lipinski definition) is 4. The fourth-order valence-corrected chi connectivity index (χ4v) is 4.49. The number of amides is 1. The van der Waals surface area contributed by atoms with E-state index in [9.17, 15) is 14.0 Å². The summed E-state index contributed by atoms with van der Waals surface area (Å²) in [4.78, 5) is 28.4. The third-order valence-electron chi connectivity index (χ3n) is 6.21. The normalized spacial score (nSPS) is 20.9. The van der Waals surface area contributed by atoms with Crippen molar-refractivity contribution < 1.29 is 18.3 Å². The Morgan fingerprint density at radius 1 is 1.13 bits per heavy atom. The molecule has 3 heterocycles. The molecule has 0 aliphatic carbocycles. The third kappa shape index (κ3) is 2.86. The Hall–Kier alpha value is -2.99. The minimum atomic E-state index is -0.833. The van der Waals surface area contributed by atoms with Gasteiger partial charge in [-0.1, -0.05) is 18.2 Å². The zero-order chi connectivity index (χ0) is 21.0. The lowest BCUT2D eigenvalue weighted by atomic mass is 9.97. The smallest absolute Gasteiger partial charge is 0.291 e. The number of carbonyl (C=O) groups excluding carboxylic acids is 1. The maximum Gasteiger partial charge on any atom is 0.291 e. The molecular formula is C24H22FNO4. The summed E-state index contributed by atoms with van der Waals surface area (Å²) in [7, 11) is 0. The van der Waals surface area contributed by atoms with Gasteiger partial charge in [-0.2, -0.15) is 0 Å². The fourth-order valence-electron chi connectivity index (χ4n) is 4.49. The van der Waals surface area contributed by atoms with Gasteiger partial charge in [-0.05, 0) is 56.0 Å². The van der Waals surface area contributed by atoms with Gasteiger partial charge in [0.1, 0.15) is 11.4 Å². The molecule has 0 spiro atoms. The summed E-state index contributed by atoms with van der Waals surface area (Å²) in [5.41, 5.74) is 2.51. The fraction of sp³-hybridized carbons (Fsp3) is 0.333. The van der Waals surface area contributed by atoms with Gasteiger partial charge in [-0.15, -0.1) is 0 Å². The molecule has 2 aliphatic heterocycles. The zero-order valence-electron chi connectivity index (χ0n) is 16.9. The Balaban J connectivity index is 1.74. The summed E-state index contributed by atoms with van der Waals surface area (Å²) in [6, 6.07) is 8.99. The Kier molecular flexibility index (Phi) is 4.47. The van der Waals surface area contributed by atoms with Gasteiger partial charge in [-0.3, -0.25) is 9.59 Å². The largest absolute Gasteiger partial charge is 0.450 e. The lowest BCUT2D eigenvalue weighted by Crippen LogP contribution is -2.36. The Labute approximate surface area is 173 Å². The SMILES string of the molecule is Cc1cc2oc3c(c(=O)c2cc1C)[C@@H](c1ccccc1F)N(C[C@@H]1CCCO1)C3=O. The van der Waals surface area contributed by atoms with E-state index in [1.54, 1.807) is 30.3 Å². The van der Waals surface area contributed by atoms with Crippen LogP contribution in [0.3, 0.4) is 0 Å². The summed E-state index contributed by atoms with van der Waals surface area (Å²) in [5.74, 6) is -0.854. The van der Waals surface area contributed by atoms with Crippen molar-refractivity contribution in [2.45, 2.75) is 38.8 Å². The van der Waals surface area contributed by atoms with Crippen molar-refractivity contribution in [3.05, 3.63) is 80.5 Å². The highest BCUT2D eigenvalue weighted by Gasteiger charge is 2.44. The molecule has 5 rings (SSSR count). The molecule has 0 radical (unpaired) electrons. The molecule has 0 unspecified atom stereocenters. The molecule has 0 N–H and O–H groups in total. The maximum absolute atomic E-state index is 14.8. The average Bonchev–Trinajstić information content (AvgIpc) is 3.32. The van der Waals surface area contributed by atoms with Crippen LogP contribution in [-0.4, -0.2) is 30.1 Å². The first-order valence-corrected chi connectivity index (χ1v) is 10.2. The Morgan fingerprint density at radius 3 is 2.63 bits per heavy atom. The van der Waals surface area contributed by atoms with Gasteiger partial charge in [0, 0.05) is 18.7 Å². The van der Waals surface area contributed by atoms with Crippen LogP contribution in [0.1, 0.15) is 51.7 Å². The topological polar surface area (TPSA) is 59.8 Å². The van der Waals surface area contributed by atoms with Gasteiger partial charge < -0.3 is 14.1 Å². The highest BCUT2D eigenvalue weighted by molar-refractivity contribution is 5.99. The molecule has 2 aliphatic rings. The van der Waals surface area contributed by atoms with Crippen LogP contribution >= 0.6 is 0 Å². The van der Waals surface area contributed by atoms with Gasteiger partial charge in [0.25, 0.3) is 5.91 Å². The molecule has 2 atom stereocenters. The van der Waals surface area contributed by atoms with E-state index < -0.39 is 17.8 Å². The molecule has 0 bridgehead atoms. The summed E-state index contributed by atoms with van der Waals surface area (Å²) in [6.45, 7) is 4.78. The number of nitrogens with zero attached hydrogens (tertiary/aromatic N) is 1. The Bertz CT molecular complexity index is 1230. The van der Waals surface area contributed by atoms with Crippen molar-refractivity contribution >= 4 is 16.9 Å². The molecule has 6 heteroatoms. The number of carbonyl (C=O) groups is 1. The van der Waals surface area contributed by atoms with E-state index in [0.29, 0.717) is 17.6 Å². The molecule has 0 saturated carbocycles. The van der Waals surface area contributed by atoms with E-state index >= 15 is 0 Å². The molecule has 154 valence electrons. The number of aryl methyl sites for hydroxylation is 2. The number of ether oxygens (including phenoxy) is 1. The highest BCUT2D eigenvalue weighted by Crippen LogP contribution is 2.40. The highest BCUT2D eigenvalue weighted by atomic mass is 19.1. The number of fused-ring (bicyclic) bond motifs is 2. The average molecular weight is 407 g/mol. The second kappa shape index (κ2) is 7.06. The first-order chi connectivity index (χ1) is 14.5. The van der Waals surface area contributed by atoms with Gasteiger partial charge in [-0.25, -0.2) is 4.39 Å². The summed E-state index contributed by atoms with van der Waals surface area (Å²) in [5, 5.41) is 0.407. The van der Waals surface area contributed by atoms with Crippen molar-refractivity contribution in [3.63, 3.8) is 0 Å². The number of benzene rings is 2. The molecule has 3 aromatic rings. The van der Waals surface area contributed by atoms with Crippen LogP contribution in [0, 0.1) is 19.7 Å². The predicted octanol–water partition coefficient (Wildman–Crippen LogP) is 4.27. The summed E-state index contributed by atoms with van der Waals surface area (Å²) < 4.78 is 26.5. The summed E-state index contributed by atoms with van der Waals surface area (Å²) >= 11 is 0. The van der Waals surface area contributed by atoms with Crippen LogP contribution in [0.4, 0.5) is 4.39 Å². The molecule has 1 saturated heterocycles. The summed E-state index contributed by atoms with van der Waals surface area (Å²) in [6.07, 6.45) is 1.61. The van der Waals surface area contributed by atoms with Crippen molar-refractivity contribution in [2.75, 3.05) is 13.2 Å². The monoisotopic (exact) mass is 407 g/mol. The lowest BCUT2D eigenvalue weighted by Gasteiger charge is -2.27.